The summed E-state index contributed by atoms with van der Waals surface area (Å²) in [7, 11) is 0. The van der Waals surface area contributed by atoms with Crippen LogP contribution in [0.15, 0.2) is 12.2 Å². The van der Waals surface area contributed by atoms with Crippen LogP contribution in [0.4, 0.5) is 0 Å². The van der Waals surface area contributed by atoms with Gasteiger partial charge in [-0.25, -0.2) is 0 Å². The maximum atomic E-state index is 13.2. The molecular formula is C65H127NO10. The second-order valence-corrected chi connectivity index (χ2v) is 23.5. The molecule has 0 aromatic carbocycles. The Labute approximate surface area is 468 Å². The smallest absolute Gasteiger partial charge is 0.249 e. The van der Waals surface area contributed by atoms with Crippen molar-refractivity contribution in [1.82, 2.24) is 5.32 Å². The van der Waals surface area contributed by atoms with Gasteiger partial charge in [0.05, 0.1) is 25.4 Å². The molecule has 0 aliphatic carbocycles. The lowest BCUT2D eigenvalue weighted by molar-refractivity contribution is -0.303. The summed E-state index contributed by atoms with van der Waals surface area (Å²) < 4.78 is 11.1. The summed E-state index contributed by atoms with van der Waals surface area (Å²) in [5, 5.41) is 76.2. The van der Waals surface area contributed by atoms with Crippen LogP contribution in [0.5, 0.6) is 0 Å². The highest BCUT2D eigenvalue weighted by Crippen LogP contribution is 2.24. The van der Waals surface area contributed by atoms with Crippen LogP contribution in [0.3, 0.4) is 0 Å². The van der Waals surface area contributed by atoms with Gasteiger partial charge in [0.2, 0.25) is 5.91 Å². The highest BCUT2D eigenvalue weighted by Gasteiger charge is 2.44. The van der Waals surface area contributed by atoms with Crippen LogP contribution in [-0.2, 0) is 14.3 Å². The molecule has 11 nitrogen and oxygen atoms in total. The summed E-state index contributed by atoms with van der Waals surface area (Å²) in [5.74, 6) is -0.699. The largest absolute Gasteiger partial charge is 0.394 e. The minimum Gasteiger partial charge on any atom is -0.394 e. The summed E-state index contributed by atoms with van der Waals surface area (Å²) in [4.78, 5) is 13.2. The molecule has 1 heterocycles. The predicted molar refractivity (Wildman–Crippen MR) is 316 cm³/mol. The van der Waals surface area contributed by atoms with E-state index >= 15 is 0 Å². The first-order chi connectivity index (χ1) is 37.2. The van der Waals surface area contributed by atoms with Gasteiger partial charge in [0.1, 0.15) is 36.6 Å². The molecule has 11 heteroatoms. The number of carbonyl (C=O) groups is 1. The average Bonchev–Trinajstić information content (AvgIpc) is 3.42. The van der Waals surface area contributed by atoms with Gasteiger partial charge in [-0.1, -0.05) is 302 Å². The normalized spacial score (nSPS) is 19.6. The monoisotopic (exact) mass is 1080 g/mol. The Hall–Kier alpha value is -1.15. The molecular weight excluding hydrogens is 955 g/mol. The van der Waals surface area contributed by atoms with Crippen LogP contribution in [0, 0.1) is 0 Å². The van der Waals surface area contributed by atoms with Gasteiger partial charge >= 0.3 is 0 Å². The average molecular weight is 1080 g/mol. The maximum absolute atomic E-state index is 13.2. The first-order valence-corrected chi connectivity index (χ1v) is 33.1. The van der Waals surface area contributed by atoms with Crippen LogP contribution in [0.25, 0.3) is 0 Å². The Morgan fingerprint density at radius 3 is 1.13 bits per heavy atom. The van der Waals surface area contributed by atoms with E-state index in [1.165, 1.54) is 250 Å². The fourth-order valence-corrected chi connectivity index (χ4v) is 11.0. The number of hydrogen-bond donors (Lipinski definition) is 8. The summed E-state index contributed by atoms with van der Waals surface area (Å²) in [6, 6.07) is -1.18. The van der Waals surface area contributed by atoms with E-state index in [9.17, 15) is 40.5 Å². The SMILES string of the molecule is CCCCCCCCCCCC/C=C/CCCC(O)C(O)C(COC1OC(CO)C(O)C(O)C1O)NC(=O)C(O)CCCCCCCCCCCCCCCCCCCCCCCCCCCCCCCCCCCC. The number of hydrogen-bond acceptors (Lipinski definition) is 10. The summed E-state index contributed by atoms with van der Waals surface area (Å²) in [6.45, 7) is 3.48. The number of unbranched alkanes of at least 4 members (excludes halogenated alkanes) is 44. The van der Waals surface area contributed by atoms with Crippen molar-refractivity contribution in [2.75, 3.05) is 13.2 Å². The van der Waals surface area contributed by atoms with Crippen LogP contribution < -0.4 is 5.32 Å². The number of nitrogens with one attached hydrogen (secondary N) is 1. The predicted octanol–water partition coefficient (Wildman–Crippen LogP) is 15.1. The molecule has 0 aromatic heterocycles. The van der Waals surface area contributed by atoms with Crippen molar-refractivity contribution in [2.45, 2.75) is 384 Å². The first-order valence-electron chi connectivity index (χ1n) is 33.1. The van der Waals surface area contributed by atoms with E-state index < -0.39 is 74.2 Å². The molecule has 0 saturated carbocycles. The zero-order valence-corrected chi connectivity index (χ0v) is 49.8. The Morgan fingerprint density at radius 1 is 0.447 bits per heavy atom. The van der Waals surface area contributed by atoms with Gasteiger partial charge < -0.3 is 50.5 Å². The van der Waals surface area contributed by atoms with Crippen molar-refractivity contribution >= 4 is 5.91 Å². The van der Waals surface area contributed by atoms with Crippen LogP contribution in [-0.4, -0.2) is 110 Å². The first kappa shape index (κ1) is 72.9. The van der Waals surface area contributed by atoms with Gasteiger partial charge in [-0.2, -0.15) is 0 Å². The minimum atomic E-state index is -1.67. The lowest BCUT2D eigenvalue weighted by atomic mass is 9.98. The number of amides is 1. The molecule has 0 aromatic rings. The van der Waals surface area contributed by atoms with Crippen molar-refractivity contribution in [3.05, 3.63) is 12.2 Å². The van der Waals surface area contributed by atoms with Crippen molar-refractivity contribution in [2.24, 2.45) is 0 Å². The van der Waals surface area contributed by atoms with E-state index in [0.29, 0.717) is 12.8 Å². The summed E-state index contributed by atoms with van der Waals surface area (Å²) in [6.07, 6.45) is 54.5. The molecule has 1 aliphatic rings. The molecule has 0 bridgehead atoms. The highest BCUT2D eigenvalue weighted by atomic mass is 16.7. The quantitative estimate of drug-likeness (QED) is 0.0215. The number of ether oxygens (including phenoxy) is 2. The van der Waals surface area contributed by atoms with E-state index in [2.05, 4.69) is 31.3 Å². The molecule has 9 unspecified atom stereocenters. The standard InChI is InChI=1S/C65H127NO10/c1-3-5-7-9-11-13-15-17-19-20-21-22-23-24-25-26-27-28-29-30-31-32-33-34-35-36-37-39-41-43-45-47-49-51-53-58(69)64(74)66-56(55-75-65-63(73)62(72)61(71)59(54-67)76-65)60(70)57(68)52-50-48-46-44-42-40-38-18-16-14-12-10-8-6-4-2/h44,46,56-63,65,67-73H,3-43,45,47-55H2,1-2H3,(H,66,74)/b46-44+. The molecule has 1 fully saturated rings. The maximum Gasteiger partial charge on any atom is 0.249 e. The third-order valence-electron chi connectivity index (χ3n) is 16.3. The molecule has 0 spiro atoms. The van der Waals surface area contributed by atoms with Gasteiger partial charge in [-0.15, -0.1) is 0 Å². The molecule has 8 N–H and O–H groups in total. The number of allylic oxidation sites excluding steroid dienone is 2. The Bertz CT molecular complexity index is 1240. The summed E-state index contributed by atoms with van der Waals surface area (Å²) in [5.41, 5.74) is 0. The van der Waals surface area contributed by atoms with Crippen molar-refractivity contribution in [1.29, 1.82) is 0 Å². The Balaban J connectivity index is 2.15. The Morgan fingerprint density at radius 2 is 0.776 bits per heavy atom. The number of aliphatic hydroxyl groups excluding tert-OH is 7. The van der Waals surface area contributed by atoms with Crippen molar-refractivity contribution in [3.63, 3.8) is 0 Å². The van der Waals surface area contributed by atoms with Gasteiger partial charge in [0, 0.05) is 0 Å². The molecule has 452 valence electrons. The zero-order valence-electron chi connectivity index (χ0n) is 49.8. The Kier molecular flexibility index (Phi) is 52.2. The number of rotatable bonds is 58. The molecule has 1 saturated heterocycles. The summed E-state index contributed by atoms with van der Waals surface area (Å²) >= 11 is 0. The van der Waals surface area contributed by atoms with Crippen molar-refractivity contribution in [3.8, 4) is 0 Å². The molecule has 0 radical (unpaired) electrons. The number of carbonyl (C=O) groups excluding carboxylic acids is 1. The minimum absolute atomic E-state index is 0.260. The van der Waals surface area contributed by atoms with Crippen molar-refractivity contribution < 1.29 is 50.0 Å². The van der Waals surface area contributed by atoms with Gasteiger partial charge in [-0.3, -0.25) is 4.79 Å². The topological polar surface area (TPSA) is 189 Å². The third-order valence-corrected chi connectivity index (χ3v) is 16.3. The van der Waals surface area contributed by atoms with E-state index in [1.807, 2.05) is 0 Å². The van der Waals surface area contributed by atoms with Gasteiger partial charge in [0.15, 0.2) is 6.29 Å². The van der Waals surface area contributed by atoms with E-state index in [1.54, 1.807) is 0 Å². The van der Waals surface area contributed by atoms with Gasteiger partial charge in [-0.05, 0) is 38.5 Å². The van der Waals surface area contributed by atoms with E-state index in [-0.39, 0.29) is 12.8 Å². The second-order valence-electron chi connectivity index (χ2n) is 23.5. The fourth-order valence-electron chi connectivity index (χ4n) is 11.0. The van der Waals surface area contributed by atoms with Crippen LogP contribution in [0.1, 0.15) is 328 Å². The molecule has 1 rings (SSSR count). The van der Waals surface area contributed by atoms with E-state index in [4.69, 9.17) is 9.47 Å². The second kappa shape index (κ2) is 54.4. The highest BCUT2D eigenvalue weighted by molar-refractivity contribution is 5.80. The molecule has 1 aliphatic heterocycles. The molecule has 76 heavy (non-hydrogen) atoms. The zero-order chi connectivity index (χ0) is 55.4. The lowest BCUT2D eigenvalue weighted by Gasteiger charge is -2.40. The third kappa shape index (κ3) is 41.8. The molecule has 1 amide bonds. The van der Waals surface area contributed by atoms with Gasteiger partial charge in [0.25, 0.3) is 0 Å². The molecule has 9 atom stereocenters. The van der Waals surface area contributed by atoms with Crippen LogP contribution >= 0.6 is 0 Å². The van der Waals surface area contributed by atoms with Crippen LogP contribution in [0.2, 0.25) is 0 Å². The van der Waals surface area contributed by atoms with E-state index in [0.717, 1.165) is 38.5 Å². The number of aliphatic hydroxyl groups is 7. The fraction of sp³-hybridized carbons (Fsp3) is 0.954. The lowest BCUT2D eigenvalue weighted by Crippen LogP contribution is -2.60.